The van der Waals surface area contributed by atoms with Crippen LogP contribution >= 0.6 is 0 Å². The van der Waals surface area contributed by atoms with Gasteiger partial charge in [0.05, 0.1) is 6.04 Å². The Balaban J connectivity index is 2.36. The van der Waals surface area contributed by atoms with E-state index in [0.29, 0.717) is 0 Å². The molecular weight excluding hydrogens is 214 g/mol. The number of nitrogens with one attached hydrogen (secondary N) is 1. The van der Waals surface area contributed by atoms with Gasteiger partial charge in [-0.2, -0.15) is 0 Å². The van der Waals surface area contributed by atoms with Gasteiger partial charge in [-0.3, -0.25) is 0 Å². The minimum atomic E-state index is 0.0520. The van der Waals surface area contributed by atoms with Gasteiger partial charge in [0, 0.05) is 36.9 Å². The predicted octanol–water partition coefficient (Wildman–Crippen LogP) is 1.39. The van der Waals surface area contributed by atoms with Crippen LogP contribution in [0.4, 0.5) is 0 Å². The van der Waals surface area contributed by atoms with Gasteiger partial charge >= 0.3 is 0 Å². The number of aryl methyl sites for hydroxylation is 1. The molecule has 0 saturated carbocycles. The number of nitrogens with zero attached hydrogens (tertiary/aromatic N) is 4. The summed E-state index contributed by atoms with van der Waals surface area (Å²) in [6.07, 6.45) is 9.01. The zero-order chi connectivity index (χ0) is 12.1. The molecule has 5 heteroatoms. The molecule has 2 rings (SSSR count). The Morgan fingerprint density at radius 3 is 2.71 bits per heavy atom. The third kappa shape index (κ3) is 2.50. The first-order chi connectivity index (χ1) is 8.36. The molecule has 2 aromatic heterocycles. The highest BCUT2D eigenvalue weighted by atomic mass is 15.1. The van der Waals surface area contributed by atoms with Crippen molar-refractivity contribution >= 4 is 0 Å². The first kappa shape index (κ1) is 11.7. The summed E-state index contributed by atoms with van der Waals surface area (Å²) < 4.78 is 2.13. The van der Waals surface area contributed by atoms with Crippen molar-refractivity contribution in [2.75, 3.05) is 6.54 Å². The monoisotopic (exact) mass is 231 g/mol. The Kier molecular flexibility index (Phi) is 3.82. The number of imidazole rings is 1. The normalized spacial score (nSPS) is 12.6. The Bertz CT molecular complexity index is 451. The van der Waals surface area contributed by atoms with Crippen molar-refractivity contribution in [3.8, 4) is 0 Å². The molecular formula is C12H17N5. The van der Waals surface area contributed by atoms with Gasteiger partial charge in [-0.05, 0) is 13.5 Å². The van der Waals surface area contributed by atoms with E-state index in [4.69, 9.17) is 0 Å². The van der Waals surface area contributed by atoms with E-state index in [9.17, 15) is 0 Å². The molecule has 1 atom stereocenters. The van der Waals surface area contributed by atoms with Crippen LogP contribution in [0.1, 0.15) is 31.3 Å². The van der Waals surface area contributed by atoms with E-state index in [1.54, 1.807) is 6.33 Å². The van der Waals surface area contributed by atoms with Crippen molar-refractivity contribution in [2.24, 2.45) is 0 Å². The van der Waals surface area contributed by atoms with Crippen molar-refractivity contribution in [3.63, 3.8) is 0 Å². The van der Waals surface area contributed by atoms with Crippen LogP contribution in [-0.4, -0.2) is 26.1 Å². The molecule has 0 spiro atoms. The van der Waals surface area contributed by atoms with Crippen molar-refractivity contribution in [1.29, 1.82) is 0 Å². The molecule has 0 aliphatic rings. The molecule has 2 heterocycles. The van der Waals surface area contributed by atoms with Crippen LogP contribution in [-0.2, 0) is 6.54 Å². The van der Waals surface area contributed by atoms with Gasteiger partial charge in [0.15, 0.2) is 0 Å². The third-order valence-corrected chi connectivity index (χ3v) is 2.67. The van der Waals surface area contributed by atoms with Crippen LogP contribution in [0.5, 0.6) is 0 Å². The fourth-order valence-electron chi connectivity index (χ4n) is 1.87. The lowest BCUT2D eigenvalue weighted by Crippen LogP contribution is -2.25. The van der Waals surface area contributed by atoms with Crippen LogP contribution in [0.3, 0.4) is 0 Å². The van der Waals surface area contributed by atoms with Gasteiger partial charge in [0.2, 0.25) is 0 Å². The topological polar surface area (TPSA) is 55.6 Å². The van der Waals surface area contributed by atoms with Crippen molar-refractivity contribution < 1.29 is 0 Å². The van der Waals surface area contributed by atoms with Gasteiger partial charge in [0.1, 0.15) is 12.2 Å². The first-order valence-electron chi connectivity index (χ1n) is 5.86. The van der Waals surface area contributed by atoms with E-state index < -0.39 is 0 Å². The maximum Gasteiger partial charge on any atom is 0.130 e. The molecule has 0 aromatic carbocycles. The Morgan fingerprint density at radius 1 is 1.29 bits per heavy atom. The highest BCUT2D eigenvalue weighted by Gasteiger charge is 2.17. The van der Waals surface area contributed by atoms with Gasteiger partial charge in [-0.1, -0.05) is 6.92 Å². The number of aromatic nitrogens is 4. The third-order valence-electron chi connectivity index (χ3n) is 2.67. The van der Waals surface area contributed by atoms with Gasteiger partial charge in [-0.15, -0.1) is 0 Å². The first-order valence-corrected chi connectivity index (χ1v) is 5.86. The molecule has 1 unspecified atom stereocenters. The summed E-state index contributed by atoms with van der Waals surface area (Å²) >= 11 is 0. The molecule has 0 fully saturated rings. The van der Waals surface area contributed by atoms with Gasteiger partial charge < -0.3 is 9.88 Å². The lowest BCUT2D eigenvalue weighted by Gasteiger charge is -2.18. The second kappa shape index (κ2) is 5.54. The molecule has 2 aromatic rings. The Hall–Kier alpha value is -1.75. The van der Waals surface area contributed by atoms with Crippen LogP contribution < -0.4 is 5.32 Å². The fourth-order valence-corrected chi connectivity index (χ4v) is 1.87. The average molecular weight is 231 g/mol. The van der Waals surface area contributed by atoms with E-state index in [-0.39, 0.29) is 6.04 Å². The number of hydrogen-bond donors (Lipinski definition) is 1. The van der Waals surface area contributed by atoms with Gasteiger partial charge in [0.25, 0.3) is 0 Å². The highest BCUT2D eigenvalue weighted by Crippen LogP contribution is 2.18. The minimum Gasteiger partial charge on any atom is -0.334 e. The SMILES string of the molecule is CCNC(c1cncnc1)c1nccn1CC. The number of rotatable bonds is 5. The van der Waals surface area contributed by atoms with Crippen molar-refractivity contribution in [3.05, 3.63) is 42.5 Å². The fraction of sp³-hybridized carbons (Fsp3) is 0.417. The minimum absolute atomic E-state index is 0.0520. The van der Waals surface area contributed by atoms with Gasteiger partial charge in [-0.25, -0.2) is 15.0 Å². The summed E-state index contributed by atoms with van der Waals surface area (Å²) in [6, 6.07) is 0.0520. The zero-order valence-corrected chi connectivity index (χ0v) is 10.2. The lowest BCUT2D eigenvalue weighted by molar-refractivity contribution is 0.556. The van der Waals surface area contributed by atoms with E-state index in [0.717, 1.165) is 24.5 Å². The molecule has 1 N–H and O–H groups in total. The lowest BCUT2D eigenvalue weighted by atomic mass is 10.1. The predicted molar refractivity (Wildman–Crippen MR) is 65.5 cm³/mol. The summed E-state index contributed by atoms with van der Waals surface area (Å²) in [5.41, 5.74) is 1.04. The largest absolute Gasteiger partial charge is 0.334 e. The molecule has 90 valence electrons. The summed E-state index contributed by atoms with van der Waals surface area (Å²) in [6.45, 7) is 5.97. The molecule has 0 amide bonds. The molecule has 0 aliphatic carbocycles. The number of hydrogen-bond acceptors (Lipinski definition) is 4. The van der Waals surface area contributed by atoms with E-state index >= 15 is 0 Å². The molecule has 17 heavy (non-hydrogen) atoms. The van der Waals surface area contributed by atoms with Crippen LogP contribution in [0, 0.1) is 0 Å². The van der Waals surface area contributed by atoms with E-state index in [2.05, 4.69) is 38.7 Å². The van der Waals surface area contributed by atoms with Crippen molar-refractivity contribution in [1.82, 2.24) is 24.8 Å². The molecule has 0 bridgehead atoms. The second-order valence-electron chi connectivity index (χ2n) is 3.73. The van der Waals surface area contributed by atoms with Crippen molar-refractivity contribution in [2.45, 2.75) is 26.4 Å². The average Bonchev–Trinajstić information content (AvgIpc) is 2.85. The van der Waals surface area contributed by atoms with Crippen LogP contribution in [0.2, 0.25) is 0 Å². The maximum absolute atomic E-state index is 4.43. The second-order valence-corrected chi connectivity index (χ2v) is 3.73. The molecule has 0 radical (unpaired) electrons. The maximum atomic E-state index is 4.43. The standard InChI is InChI=1S/C12H17N5/c1-3-15-11(10-7-13-9-14-8-10)12-16-5-6-17(12)4-2/h5-9,11,15H,3-4H2,1-2H3. The molecule has 0 aliphatic heterocycles. The summed E-state index contributed by atoms with van der Waals surface area (Å²) in [4.78, 5) is 12.6. The van der Waals surface area contributed by atoms with E-state index in [1.165, 1.54) is 0 Å². The summed E-state index contributed by atoms with van der Waals surface area (Å²) in [5, 5.41) is 3.41. The zero-order valence-electron chi connectivity index (χ0n) is 10.2. The summed E-state index contributed by atoms with van der Waals surface area (Å²) in [7, 11) is 0. The smallest absolute Gasteiger partial charge is 0.130 e. The highest BCUT2D eigenvalue weighted by molar-refractivity contribution is 5.19. The Labute approximate surface area is 101 Å². The molecule has 5 nitrogen and oxygen atoms in total. The van der Waals surface area contributed by atoms with E-state index in [1.807, 2.05) is 24.8 Å². The Morgan fingerprint density at radius 2 is 2.06 bits per heavy atom. The quantitative estimate of drug-likeness (QED) is 0.845. The summed E-state index contributed by atoms with van der Waals surface area (Å²) in [5.74, 6) is 1.00. The molecule has 0 saturated heterocycles. The van der Waals surface area contributed by atoms with Crippen LogP contribution in [0.15, 0.2) is 31.1 Å². The van der Waals surface area contributed by atoms with Crippen LogP contribution in [0.25, 0.3) is 0 Å².